The van der Waals surface area contributed by atoms with Crippen LogP contribution in [-0.2, 0) is 6.54 Å². The molecule has 3 aromatic rings. The van der Waals surface area contributed by atoms with Crippen LogP contribution in [0.5, 0.6) is 0 Å². The summed E-state index contributed by atoms with van der Waals surface area (Å²) in [7, 11) is 0. The molecule has 3 aromatic heterocycles. The van der Waals surface area contributed by atoms with Crippen LogP contribution < -0.4 is 10.3 Å². The van der Waals surface area contributed by atoms with Crippen molar-refractivity contribution in [2.75, 3.05) is 0 Å². The molecule has 3 heterocycles. The Labute approximate surface area is 114 Å². The van der Waals surface area contributed by atoms with Gasteiger partial charge in [0.25, 0.3) is 5.91 Å². The van der Waals surface area contributed by atoms with Crippen molar-refractivity contribution < 1.29 is 18.7 Å². The van der Waals surface area contributed by atoms with Crippen LogP contribution in [0.2, 0.25) is 0 Å². The number of pyridine rings is 1. The monoisotopic (exact) mass is 270 g/mol. The second kappa shape index (κ2) is 5.40. The van der Waals surface area contributed by atoms with Crippen LogP contribution in [0.15, 0.2) is 57.9 Å². The van der Waals surface area contributed by atoms with Gasteiger partial charge in [0.1, 0.15) is 0 Å². The first-order valence-corrected chi connectivity index (χ1v) is 6.07. The molecule has 6 heteroatoms. The van der Waals surface area contributed by atoms with Crippen LogP contribution in [0.25, 0.3) is 11.5 Å². The summed E-state index contributed by atoms with van der Waals surface area (Å²) in [5.41, 5.74) is 1.19. The average molecular weight is 270 g/mol. The van der Waals surface area contributed by atoms with Gasteiger partial charge in [0.15, 0.2) is 23.8 Å². The SMILES string of the molecule is O=C(NCc1ccc[nH+]c1)c1cc(-c2ccco2)on1. The van der Waals surface area contributed by atoms with Crippen molar-refractivity contribution in [1.29, 1.82) is 0 Å². The maximum absolute atomic E-state index is 11.9. The van der Waals surface area contributed by atoms with Gasteiger partial charge in [0, 0.05) is 24.2 Å². The first-order chi connectivity index (χ1) is 9.83. The van der Waals surface area contributed by atoms with Crippen LogP contribution in [0.1, 0.15) is 16.1 Å². The molecule has 6 nitrogen and oxygen atoms in total. The summed E-state index contributed by atoms with van der Waals surface area (Å²) in [5, 5.41) is 6.49. The maximum atomic E-state index is 11.9. The van der Waals surface area contributed by atoms with E-state index in [2.05, 4.69) is 15.5 Å². The van der Waals surface area contributed by atoms with Crippen molar-refractivity contribution in [1.82, 2.24) is 10.5 Å². The zero-order valence-corrected chi connectivity index (χ0v) is 10.5. The van der Waals surface area contributed by atoms with E-state index in [-0.39, 0.29) is 11.6 Å². The number of furan rings is 1. The third-order valence-electron chi connectivity index (χ3n) is 2.73. The minimum absolute atomic E-state index is 0.219. The number of aromatic amines is 1. The number of hydrogen-bond acceptors (Lipinski definition) is 4. The van der Waals surface area contributed by atoms with Gasteiger partial charge in [-0.3, -0.25) is 4.79 Å². The van der Waals surface area contributed by atoms with E-state index in [1.54, 1.807) is 24.4 Å². The van der Waals surface area contributed by atoms with Crippen molar-refractivity contribution in [2.45, 2.75) is 6.54 Å². The van der Waals surface area contributed by atoms with Gasteiger partial charge in [-0.2, -0.15) is 0 Å². The summed E-state index contributed by atoms with van der Waals surface area (Å²) in [6, 6.07) is 8.80. The van der Waals surface area contributed by atoms with E-state index in [1.165, 1.54) is 6.26 Å². The highest BCUT2D eigenvalue weighted by Crippen LogP contribution is 2.20. The van der Waals surface area contributed by atoms with Crippen molar-refractivity contribution >= 4 is 5.91 Å². The van der Waals surface area contributed by atoms with Gasteiger partial charge in [0.2, 0.25) is 5.76 Å². The van der Waals surface area contributed by atoms with E-state index in [0.29, 0.717) is 18.1 Å². The first-order valence-electron chi connectivity index (χ1n) is 6.07. The lowest BCUT2D eigenvalue weighted by molar-refractivity contribution is -0.378. The Morgan fingerprint density at radius 1 is 1.30 bits per heavy atom. The molecule has 0 saturated heterocycles. The number of rotatable bonds is 4. The van der Waals surface area contributed by atoms with Gasteiger partial charge >= 0.3 is 0 Å². The molecule has 100 valence electrons. The molecule has 0 atom stereocenters. The molecule has 0 aliphatic carbocycles. The zero-order valence-electron chi connectivity index (χ0n) is 10.5. The minimum atomic E-state index is -0.296. The number of nitrogens with one attached hydrogen (secondary N) is 2. The summed E-state index contributed by atoms with van der Waals surface area (Å²) in [6.45, 7) is 0.416. The molecular weight excluding hydrogens is 258 g/mol. The molecule has 3 rings (SSSR count). The van der Waals surface area contributed by atoms with Crippen LogP contribution >= 0.6 is 0 Å². The molecule has 0 unspecified atom stereocenters. The number of carbonyl (C=O) groups is 1. The van der Waals surface area contributed by atoms with Crippen LogP contribution in [0.3, 0.4) is 0 Å². The fourth-order valence-electron chi connectivity index (χ4n) is 1.73. The molecule has 0 radical (unpaired) electrons. The molecule has 0 saturated carbocycles. The van der Waals surface area contributed by atoms with Gasteiger partial charge < -0.3 is 14.3 Å². The largest absolute Gasteiger partial charge is 0.461 e. The predicted octanol–water partition coefficient (Wildman–Crippen LogP) is 1.68. The summed E-state index contributed by atoms with van der Waals surface area (Å²) in [4.78, 5) is 14.9. The second-order valence-corrected chi connectivity index (χ2v) is 4.15. The van der Waals surface area contributed by atoms with Crippen molar-refractivity contribution in [2.24, 2.45) is 0 Å². The Morgan fingerprint density at radius 2 is 2.25 bits per heavy atom. The van der Waals surface area contributed by atoms with Gasteiger partial charge in [-0.15, -0.1) is 0 Å². The smallest absolute Gasteiger partial charge is 0.273 e. The van der Waals surface area contributed by atoms with Gasteiger partial charge in [-0.1, -0.05) is 5.16 Å². The average Bonchev–Trinajstić information content (AvgIpc) is 3.16. The van der Waals surface area contributed by atoms with Crippen molar-refractivity contribution in [3.63, 3.8) is 0 Å². The van der Waals surface area contributed by atoms with Crippen molar-refractivity contribution in [3.05, 3.63) is 60.2 Å². The first kappa shape index (κ1) is 12.2. The number of carbonyl (C=O) groups excluding carboxylic acids is 1. The lowest BCUT2D eigenvalue weighted by Gasteiger charge is -1.99. The Bertz CT molecular complexity index is 690. The van der Waals surface area contributed by atoms with Crippen molar-refractivity contribution in [3.8, 4) is 11.5 Å². The highest BCUT2D eigenvalue weighted by atomic mass is 16.5. The van der Waals surface area contributed by atoms with Gasteiger partial charge in [0.05, 0.1) is 6.26 Å². The molecule has 0 aromatic carbocycles. The molecular formula is C14H12N3O3+. The van der Waals surface area contributed by atoms with Crippen LogP contribution in [-0.4, -0.2) is 11.1 Å². The molecule has 0 aliphatic heterocycles. The Morgan fingerprint density at radius 3 is 3.00 bits per heavy atom. The molecule has 20 heavy (non-hydrogen) atoms. The maximum Gasteiger partial charge on any atom is 0.273 e. The zero-order chi connectivity index (χ0) is 13.8. The highest BCUT2D eigenvalue weighted by Gasteiger charge is 2.14. The number of hydrogen-bond donors (Lipinski definition) is 1. The second-order valence-electron chi connectivity index (χ2n) is 4.15. The molecule has 2 N–H and O–H groups in total. The summed E-state index contributed by atoms with van der Waals surface area (Å²) < 4.78 is 10.2. The standard InChI is InChI=1S/C14H11N3O3/c18-14(16-9-10-3-1-5-15-8-10)11-7-13(20-17-11)12-4-2-6-19-12/h1-8H,9H2,(H,16,18)/p+1. The molecule has 0 spiro atoms. The Balaban J connectivity index is 1.66. The fraction of sp³-hybridized carbons (Fsp3) is 0.0714. The van der Waals surface area contributed by atoms with E-state index in [9.17, 15) is 4.79 Å². The van der Waals surface area contributed by atoms with Crippen LogP contribution in [0.4, 0.5) is 0 Å². The Hall–Kier alpha value is -2.89. The summed E-state index contributed by atoms with van der Waals surface area (Å²) in [5.74, 6) is 0.665. The molecule has 0 aliphatic rings. The van der Waals surface area contributed by atoms with E-state index in [0.717, 1.165) is 5.56 Å². The fourth-order valence-corrected chi connectivity index (χ4v) is 1.73. The number of amides is 1. The normalized spacial score (nSPS) is 10.4. The number of aromatic nitrogens is 2. The minimum Gasteiger partial charge on any atom is -0.461 e. The van der Waals surface area contributed by atoms with Crippen LogP contribution in [0, 0.1) is 0 Å². The highest BCUT2D eigenvalue weighted by molar-refractivity contribution is 5.92. The lowest BCUT2D eigenvalue weighted by atomic mass is 10.2. The third-order valence-corrected chi connectivity index (χ3v) is 2.73. The van der Waals surface area contributed by atoms with Gasteiger partial charge in [-0.25, -0.2) is 4.98 Å². The molecule has 0 fully saturated rings. The quantitative estimate of drug-likeness (QED) is 0.781. The third kappa shape index (κ3) is 2.59. The topological polar surface area (TPSA) is 82.4 Å². The van der Waals surface area contributed by atoms with E-state index >= 15 is 0 Å². The van der Waals surface area contributed by atoms with E-state index in [1.807, 2.05) is 18.3 Å². The Kier molecular flexibility index (Phi) is 3.28. The summed E-state index contributed by atoms with van der Waals surface area (Å²) in [6.07, 6.45) is 5.15. The summed E-state index contributed by atoms with van der Waals surface area (Å²) >= 11 is 0. The molecule has 0 bridgehead atoms. The lowest BCUT2D eigenvalue weighted by Crippen LogP contribution is -2.23. The van der Waals surface area contributed by atoms with E-state index in [4.69, 9.17) is 8.94 Å². The number of nitrogens with zero attached hydrogens (tertiary/aromatic N) is 1. The predicted molar refractivity (Wildman–Crippen MR) is 68.4 cm³/mol. The number of H-pyrrole nitrogens is 1. The van der Waals surface area contributed by atoms with Gasteiger partial charge in [-0.05, 0) is 18.2 Å². The van der Waals surface area contributed by atoms with E-state index < -0.39 is 0 Å². The molecule has 1 amide bonds.